The molecule has 7 heteroatoms. The highest BCUT2D eigenvalue weighted by Crippen LogP contribution is 2.24. The summed E-state index contributed by atoms with van der Waals surface area (Å²) in [5.74, 6) is -0.229. The summed E-state index contributed by atoms with van der Waals surface area (Å²) in [6.07, 6.45) is 0.651. The first-order chi connectivity index (χ1) is 14.1. The summed E-state index contributed by atoms with van der Waals surface area (Å²) >= 11 is 8.06. The number of amides is 1. The third-order valence-corrected chi connectivity index (χ3v) is 5.76. The summed E-state index contributed by atoms with van der Waals surface area (Å²) in [5.41, 5.74) is 3.87. The van der Waals surface area contributed by atoms with E-state index in [2.05, 4.69) is 15.4 Å². The molecule has 1 N–H and O–H groups in total. The van der Waals surface area contributed by atoms with Gasteiger partial charge in [0.05, 0.1) is 22.6 Å². The molecule has 0 saturated carbocycles. The van der Waals surface area contributed by atoms with E-state index in [1.54, 1.807) is 22.9 Å². The second-order valence-corrected chi connectivity index (χ2v) is 7.73. The second kappa shape index (κ2) is 8.59. The summed E-state index contributed by atoms with van der Waals surface area (Å²) < 4.78 is 1.58. The standard InChI is InChI=1S/C22H19ClN4OS/c1-15-19(20(23)27(26-15)18-10-6-3-7-11-18)21(28)24-13-12-17-14-29-22(25-17)16-8-4-2-5-9-16/h2-11,14H,12-13H2,1H3,(H,24,28). The largest absolute Gasteiger partial charge is 0.351 e. The normalized spacial score (nSPS) is 10.8. The average Bonchev–Trinajstić information content (AvgIpc) is 3.33. The van der Waals surface area contributed by atoms with Crippen LogP contribution in [0.4, 0.5) is 0 Å². The number of benzene rings is 2. The molecule has 146 valence electrons. The summed E-state index contributed by atoms with van der Waals surface area (Å²) in [5, 5.41) is 10.7. The maximum absolute atomic E-state index is 12.7. The maximum atomic E-state index is 12.7. The smallest absolute Gasteiger partial charge is 0.256 e. The zero-order valence-corrected chi connectivity index (χ0v) is 17.4. The zero-order chi connectivity index (χ0) is 20.2. The van der Waals surface area contributed by atoms with Crippen molar-refractivity contribution in [2.75, 3.05) is 6.54 Å². The minimum Gasteiger partial charge on any atom is -0.351 e. The van der Waals surface area contributed by atoms with E-state index in [9.17, 15) is 4.79 Å². The summed E-state index contributed by atoms with van der Waals surface area (Å²) in [6.45, 7) is 2.26. The SMILES string of the molecule is Cc1nn(-c2ccccc2)c(Cl)c1C(=O)NCCc1csc(-c2ccccc2)n1. The molecule has 2 aromatic heterocycles. The molecule has 0 aliphatic rings. The lowest BCUT2D eigenvalue weighted by Crippen LogP contribution is -2.26. The predicted molar refractivity (Wildman–Crippen MR) is 117 cm³/mol. The van der Waals surface area contributed by atoms with Gasteiger partial charge in [0.1, 0.15) is 10.2 Å². The Kier molecular flexibility index (Phi) is 5.74. The summed E-state index contributed by atoms with van der Waals surface area (Å²) in [7, 11) is 0. The Bertz CT molecular complexity index is 1120. The molecular formula is C22H19ClN4OS. The van der Waals surface area contributed by atoms with Crippen LogP contribution in [-0.4, -0.2) is 27.2 Å². The molecule has 0 saturated heterocycles. The van der Waals surface area contributed by atoms with Crippen molar-refractivity contribution in [1.82, 2.24) is 20.1 Å². The number of nitrogens with zero attached hydrogens (tertiary/aromatic N) is 3. The first kappa shape index (κ1) is 19.4. The Balaban J connectivity index is 1.41. The van der Waals surface area contributed by atoms with Crippen molar-refractivity contribution in [2.24, 2.45) is 0 Å². The number of carbonyl (C=O) groups excluding carboxylic acids is 1. The topological polar surface area (TPSA) is 59.8 Å². The van der Waals surface area contributed by atoms with Crippen LogP contribution in [0.25, 0.3) is 16.3 Å². The van der Waals surface area contributed by atoms with Crippen LogP contribution < -0.4 is 5.32 Å². The van der Waals surface area contributed by atoms with Crippen molar-refractivity contribution in [2.45, 2.75) is 13.3 Å². The van der Waals surface area contributed by atoms with Crippen molar-refractivity contribution < 1.29 is 4.79 Å². The van der Waals surface area contributed by atoms with E-state index >= 15 is 0 Å². The Morgan fingerprint density at radius 2 is 1.79 bits per heavy atom. The Morgan fingerprint density at radius 1 is 1.10 bits per heavy atom. The Morgan fingerprint density at radius 3 is 2.52 bits per heavy atom. The average molecular weight is 423 g/mol. The van der Waals surface area contributed by atoms with Crippen LogP contribution in [0.3, 0.4) is 0 Å². The number of halogens is 1. The van der Waals surface area contributed by atoms with Crippen molar-refractivity contribution in [3.63, 3.8) is 0 Å². The number of para-hydroxylation sites is 1. The van der Waals surface area contributed by atoms with Gasteiger partial charge in [-0.15, -0.1) is 11.3 Å². The number of thiazole rings is 1. The highest BCUT2D eigenvalue weighted by molar-refractivity contribution is 7.13. The molecule has 0 fully saturated rings. The van der Waals surface area contributed by atoms with Gasteiger partial charge in [-0.1, -0.05) is 60.1 Å². The van der Waals surface area contributed by atoms with Crippen LogP contribution in [0.15, 0.2) is 66.0 Å². The van der Waals surface area contributed by atoms with E-state index in [0.29, 0.717) is 29.4 Å². The molecule has 1 amide bonds. The van der Waals surface area contributed by atoms with Crippen LogP contribution in [0, 0.1) is 6.92 Å². The van der Waals surface area contributed by atoms with Crippen LogP contribution in [0.5, 0.6) is 0 Å². The van der Waals surface area contributed by atoms with Gasteiger partial charge in [0.25, 0.3) is 5.91 Å². The van der Waals surface area contributed by atoms with Crippen molar-refractivity contribution in [1.29, 1.82) is 0 Å². The number of carbonyl (C=O) groups is 1. The van der Waals surface area contributed by atoms with Crippen molar-refractivity contribution >= 4 is 28.8 Å². The van der Waals surface area contributed by atoms with E-state index in [1.807, 2.05) is 66.0 Å². The summed E-state index contributed by atoms with van der Waals surface area (Å²) in [4.78, 5) is 17.3. The fourth-order valence-electron chi connectivity index (χ4n) is 3.02. The number of aryl methyl sites for hydroxylation is 1. The Labute approximate surface area is 178 Å². The molecule has 2 heterocycles. The number of hydrogen-bond acceptors (Lipinski definition) is 4. The lowest BCUT2D eigenvalue weighted by atomic mass is 10.2. The molecule has 0 unspecified atom stereocenters. The molecule has 2 aromatic carbocycles. The third kappa shape index (κ3) is 4.23. The van der Waals surface area contributed by atoms with Gasteiger partial charge in [0, 0.05) is 23.9 Å². The van der Waals surface area contributed by atoms with E-state index in [0.717, 1.165) is 22.0 Å². The number of rotatable bonds is 6. The first-order valence-corrected chi connectivity index (χ1v) is 10.5. The van der Waals surface area contributed by atoms with Gasteiger partial charge >= 0.3 is 0 Å². The molecule has 0 aliphatic heterocycles. The maximum Gasteiger partial charge on any atom is 0.256 e. The van der Waals surface area contributed by atoms with E-state index < -0.39 is 0 Å². The van der Waals surface area contributed by atoms with Crippen molar-refractivity contribution in [3.8, 4) is 16.3 Å². The highest BCUT2D eigenvalue weighted by Gasteiger charge is 2.20. The van der Waals surface area contributed by atoms with Gasteiger partial charge in [0.15, 0.2) is 0 Å². The Hall–Kier alpha value is -2.96. The van der Waals surface area contributed by atoms with E-state index in [1.165, 1.54) is 0 Å². The minimum absolute atomic E-state index is 0.229. The molecule has 0 atom stereocenters. The number of hydrogen-bond donors (Lipinski definition) is 1. The molecule has 0 radical (unpaired) electrons. The predicted octanol–water partition coefficient (Wildman–Crippen LogP) is 4.93. The molecule has 0 spiro atoms. The van der Waals surface area contributed by atoms with Crippen LogP contribution >= 0.6 is 22.9 Å². The molecule has 4 aromatic rings. The lowest BCUT2D eigenvalue weighted by Gasteiger charge is -2.05. The van der Waals surface area contributed by atoms with Gasteiger partial charge in [-0.2, -0.15) is 5.10 Å². The van der Waals surface area contributed by atoms with Gasteiger partial charge in [-0.05, 0) is 19.1 Å². The van der Waals surface area contributed by atoms with Crippen LogP contribution in [0.2, 0.25) is 5.15 Å². The fraction of sp³-hybridized carbons (Fsp3) is 0.136. The monoisotopic (exact) mass is 422 g/mol. The lowest BCUT2D eigenvalue weighted by molar-refractivity contribution is 0.0953. The molecular weight excluding hydrogens is 404 g/mol. The zero-order valence-electron chi connectivity index (χ0n) is 15.8. The molecule has 5 nitrogen and oxygen atoms in total. The van der Waals surface area contributed by atoms with E-state index in [-0.39, 0.29) is 5.91 Å². The van der Waals surface area contributed by atoms with Gasteiger partial charge in [0.2, 0.25) is 0 Å². The van der Waals surface area contributed by atoms with Gasteiger partial charge in [-0.3, -0.25) is 4.79 Å². The van der Waals surface area contributed by atoms with Gasteiger partial charge in [-0.25, -0.2) is 9.67 Å². The first-order valence-electron chi connectivity index (χ1n) is 9.22. The highest BCUT2D eigenvalue weighted by atomic mass is 35.5. The third-order valence-electron chi connectivity index (χ3n) is 4.47. The molecule has 0 aliphatic carbocycles. The number of aromatic nitrogens is 3. The molecule has 0 bridgehead atoms. The van der Waals surface area contributed by atoms with E-state index in [4.69, 9.17) is 11.6 Å². The van der Waals surface area contributed by atoms with Crippen LogP contribution in [0.1, 0.15) is 21.7 Å². The molecule has 4 rings (SSSR count). The minimum atomic E-state index is -0.229. The second-order valence-electron chi connectivity index (χ2n) is 6.51. The van der Waals surface area contributed by atoms with Gasteiger partial charge < -0.3 is 5.32 Å². The molecule has 29 heavy (non-hydrogen) atoms. The number of nitrogens with one attached hydrogen (secondary N) is 1. The van der Waals surface area contributed by atoms with Crippen molar-refractivity contribution in [3.05, 3.63) is 88.1 Å². The fourth-order valence-corrected chi connectivity index (χ4v) is 4.24. The summed E-state index contributed by atoms with van der Waals surface area (Å²) in [6, 6.07) is 19.6. The van der Waals surface area contributed by atoms with Crippen LogP contribution in [-0.2, 0) is 6.42 Å². The quantitative estimate of drug-likeness (QED) is 0.479.